The Kier molecular flexibility index (Phi) is 6.92. The van der Waals surface area contributed by atoms with Crippen molar-refractivity contribution in [2.75, 3.05) is 37.0 Å². The third kappa shape index (κ3) is 5.00. The molecule has 2 aliphatic heterocycles. The van der Waals surface area contributed by atoms with Gasteiger partial charge in [0.25, 0.3) is 5.91 Å². The van der Waals surface area contributed by atoms with Crippen LogP contribution in [0.15, 0.2) is 54.7 Å². The Bertz CT molecular complexity index is 1380. The summed E-state index contributed by atoms with van der Waals surface area (Å²) in [6.45, 7) is 6.75. The zero-order chi connectivity index (χ0) is 27.0. The van der Waals surface area contributed by atoms with E-state index in [2.05, 4.69) is 38.7 Å². The number of alkyl halides is 1. The molecule has 0 spiro atoms. The van der Waals surface area contributed by atoms with Crippen LogP contribution >= 0.6 is 0 Å². The lowest BCUT2D eigenvalue weighted by atomic mass is 9.83. The number of pyridine rings is 1. The molecule has 1 saturated heterocycles. The largest absolute Gasteiger partial charge is 0.377 e. The number of aryl methyl sites for hydroxylation is 1. The lowest BCUT2D eigenvalue weighted by Crippen LogP contribution is -2.56. The summed E-state index contributed by atoms with van der Waals surface area (Å²) >= 11 is 0. The standard InChI is InChI=1S/C30H33FN4O3/c1-18-5-8-22(34-28(36)21-9-10-33-27(15-21)30(2,3)31)16-23(18)19-6-7-20-13-24(29(37)32-4)26-17-38-12-11-35(26)25(20)14-19/h5-10,14-16,24,26H,11-13,17H2,1-4H3,(H,32,37)(H,34,36). The molecule has 1 fully saturated rings. The lowest BCUT2D eigenvalue weighted by Gasteiger charge is -2.45. The summed E-state index contributed by atoms with van der Waals surface area (Å²) in [6.07, 6.45) is 2.12. The zero-order valence-electron chi connectivity index (χ0n) is 22.2. The number of hydrogen-bond donors (Lipinski definition) is 2. The summed E-state index contributed by atoms with van der Waals surface area (Å²) < 4.78 is 20.1. The second kappa shape index (κ2) is 10.2. The topological polar surface area (TPSA) is 83.6 Å². The molecule has 3 aromatic rings. The number of anilines is 2. The van der Waals surface area contributed by atoms with Gasteiger partial charge in [0.15, 0.2) is 0 Å². The maximum absolute atomic E-state index is 14.4. The van der Waals surface area contributed by atoms with Crippen LogP contribution in [0.4, 0.5) is 15.8 Å². The monoisotopic (exact) mass is 516 g/mol. The number of hydrogen-bond acceptors (Lipinski definition) is 5. The lowest BCUT2D eigenvalue weighted by molar-refractivity contribution is -0.126. The number of carbonyl (C=O) groups excluding carboxylic acids is 2. The van der Waals surface area contributed by atoms with Gasteiger partial charge < -0.3 is 20.3 Å². The first-order valence-electron chi connectivity index (χ1n) is 12.9. The molecule has 198 valence electrons. The Hall–Kier alpha value is -3.78. The predicted molar refractivity (Wildman–Crippen MR) is 146 cm³/mol. The Labute approximate surface area is 222 Å². The molecule has 2 aromatic carbocycles. The van der Waals surface area contributed by atoms with Gasteiger partial charge in [-0.2, -0.15) is 0 Å². The average molecular weight is 517 g/mol. The minimum absolute atomic E-state index is 0.00211. The van der Waals surface area contributed by atoms with Crippen molar-refractivity contribution in [3.63, 3.8) is 0 Å². The van der Waals surface area contributed by atoms with E-state index in [9.17, 15) is 14.0 Å². The molecule has 3 heterocycles. The van der Waals surface area contributed by atoms with Crippen molar-refractivity contribution in [2.24, 2.45) is 5.92 Å². The van der Waals surface area contributed by atoms with Gasteiger partial charge in [0.05, 0.1) is 30.9 Å². The second-order valence-corrected chi connectivity index (χ2v) is 10.5. The normalized spacial score (nSPS) is 18.8. The van der Waals surface area contributed by atoms with Gasteiger partial charge in [-0.25, -0.2) is 4.39 Å². The van der Waals surface area contributed by atoms with Crippen LogP contribution in [-0.2, 0) is 21.6 Å². The summed E-state index contributed by atoms with van der Waals surface area (Å²) in [4.78, 5) is 31.9. The quantitative estimate of drug-likeness (QED) is 0.516. The Balaban J connectivity index is 1.44. The van der Waals surface area contributed by atoms with E-state index in [0.29, 0.717) is 30.9 Å². The van der Waals surface area contributed by atoms with Gasteiger partial charge in [-0.1, -0.05) is 18.2 Å². The predicted octanol–water partition coefficient (Wildman–Crippen LogP) is 4.64. The third-order valence-corrected chi connectivity index (χ3v) is 7.49. The number of morpholine rings is 1. The molecule has 2 aliphatic rings. The summed E-state index contributed by atoms with van der Waals surface area (Å²) in [5.74, 6) is -0.443. The Morgan fingerprint density at radius 1 is 1.13 bits per heavy atom. The van der Waals surface area contributed by atoms with Crippen molar-refractivity contribution in [2.45, 2.75) is 38.9 Å². The van der Waals surface area contributed by atoms with Gasteiger partial charge in [0.2, 0.25) is 5.91 Å². The van der Waals surface area contributed by atoms with Gasteiger partial charge >= 0.3 is 0 Å². The first-order valence-corrected chi connectivity index (χ1v) is 12.9. The first-order chi connectivity index (χ1) is 18.2. The zero-order valence-corrected chi connectivity index (χ0v) is 22.2. The molecule has 2 atom stereocenters. The molecular weight excluding hydrogens is 483 g/mol. The number of carbonyl (C=O) groups is 2. The number of benzene rings is 2. The van der Waals surface area contributed by atoms with Gasteiger partial charge in [-0.15, -0.1) is 0 Å². The van der Waals surface area contributed by atoms with Crippen LogP contribution in [0.2, 0.25) is 0 Å². The Morgan fingerprint density at radius 2 is 1.95 bits per heavy atom. The molecule has 0 bridgehead atoms. The molecule has 2 N–H and O–H groups in total. The molecule has 0 saturated carbocycles. The van der Waals surface area contributed by atoms with Gasteiger partial charge in [-0.05, 0) is 79.8 Å². The number of amides is 2. The summed E-state index contributed by atoms with van der Waals surface area (Å²) in [5.41, 5.74) is 4.95. The number of nitrogens with one attached hydrogen (secondary N) is 2. The average Bonchev–Trinajstić information content (AvgIpc) is 2.92. The highest BCUT2D eigenvalue weighted by atomic mass is 19.1. The summed E-state index contributed by atoms with van der Waals surface area (Å²) in [6, 6.07) is 15.2. The highest BCUT2D eigenvalue weighted by molar-refractivity contribution is 6.04. The van der Waals surface area contributed by atoms with Gasteiger partial charge in [0, 0.05) is 36.7 Å². The van der Waals surface area contributed by atoms with Crippen LogP contribution in [0, 0.1) is 12.8 Å². The van der Waals surface area contributed by atoms with Crippen LogP contribution in [0.5, 0.6) is 0 Å². The molecule has 7 nitrogen and oxygen atoms in total. The van der Waals surface area contributed by atoms with E-state index in [-0.39, 0.29) is 29.5 Å². The number of nitrogens with zero attached hydrogens (tertiary/aromatic N) is 2. The van der Waals surface area contributed by atoms with E-state index in [1.54, 1.807) is 13.1 Å². The maximum atomic E-state index is 14.4. The molecule has 0 aliphatic carbocycles. The Morgan fingerprint density at radius 3 is 2.71 bits per heavy atom. The van der Waals surface area contributed by atoms with Crippen molar-refractivity contribution in [1.29, 1.82) is 0 Å². The molecule has 2 amide bonds. The number of fused-ring (bicyclic) bond motifs is 3. The third-order valence-electron chi connectivity index (χ3n) is 7.49. The van der Waals surface area contributed by atoms with Crippen LogP contribution in [0.1, 0.15) is 41.0 Å². The van der Waals surface area contributed by atoms with Gasteiger partial charge in [-0.3, -0.25) is 14.6 Å². The van der Waals surface area contributed by atoms with Crippen molar-refractivity contribution < 1.29 is 18.7 Å². The summed E-state index contributed by atoms with van der Waals surface area (Å²) in [5, 5.41) is 5.76. The molecule has 38 heavy (non-hydrogen) atoms. The molecule has 1 aromatic heterocycles. The van der Waals surface area contributed by atoms with E-state index in [4.69, 9.17) is 4.74 Å². The SMILES string of the molecule is CNC(=O)C1Cc2ccc(-c3cc(NC(=O)c4ccnc(C(C)(C)F)c4)ccc3C)cc2N2CCOCC12. The van der Waals surface area contributed by atoms with E-state index in [1.807, 2.05) is 25.1 Å². The van der Waals surface area contributed by atoms with E-state index >= 15 is 0 Å². The van der Waals surface area contributed by atoms with E-state index < -0.39 is 5.67 Å². The minimum atomic E-state index is -1.64. The number of rotatable bonds is 5. The van der Waals surface area contributed by atoms with Crippen molar-refractivity contribution in [1.82, 2.24) is 10.3 Å². The molecule has 0 radical (unpaired) electrons. The fraction of sp³-hybridized carbons (Fsp3) is 0.367. The van der Waals surface area contributed by atoms with Crippen LogP contribution in [0.25, 0.3) is 11.1 Å². The molecule has 5 rings (SSSR count). The van der Waals surface area contributed by atoms with Crippen molar-refractivity contribution in [3.05, 3.63) is 77.1 Å². The van der Waals surface area contributed by atoms with Crippen molar-refractivity contribution in [3.8, 4) is 11.1 Å². The van der Waals surface area contributed by atoms with Gasteiger partial charge in [0.1, 0.15) is 5.67 Å². The first kappa shape index (κ1) is 25.9. The fourth-order valence-corrected chi connectivity index (χ4v) is 5.36. The van der Waals surface area contributed by atoms with Crippen LogP contribution in [0.3, 0.4) is 0 Å². The van der Waals surface area contributed by atoms with Crippen LogP contribution in [-0.4, -0.2) is 49.6 Å². The van der Waals surface area contributed by atoms with Crippen LogP contribution < -0.4 is 15.5 Å². The molecule has 8 heteroatoms. The molecule has 2 unspecified atom stereocenters. The van der Waals surface area contributed by atoms with Crippen molar-refractivity contribution >= 4 is 23.2 Å². The number of ether oxygens (including phenoxy) is 1. The molecular formula is C30H33FN4O3. The minimum Gasteiger partial charge on any atom is -0.377 e. The number of halogens is 1. The fourth-order valence-electron chi connectivity index (χ4n) is 5.36. The second-order valence-electron chi connectivity index (χ2n) is 10.5. The highest BCUT2D eigenvalue weighted by Crippen LogP contribution is 2.39. The summed E-state index contributed by atoms with van der Waals surface area (Å²) in [7, 11) is 1.68. The highest BCUT2D eigenvalue weighted by Gasteiger charge is 2.40. The number of aromatic nitrogens is 1. The smallest absolute Gasteiger partial charge is 0.255 e. The van der Waals surface area contributed by atoms with E-state index in [0.717, 1.165) is 34.5 Å². The van der Waals surface area contributed by atoms with E-state index in [1.165, 1.54) is 26.1 Å². The maximum Gasteiger partial charge on any atom is 0.255 e.